The summed E-state index contributed by atoms with van der Waals surface area (Å²) in [7, 11) is 0. The number of nitrogens with one attached hydrogen (secondary N) is 1. The van der Waals surface area contributed by atoms with E-state index in [0.29, 0.717) is 0 Å². The first-order valence-electron chi connectivity index (χ1n) is 2.48. The summed E-state index contributed by atoms with van der Waals surface area (Å²) in [5, 5.41) is 6.71. The van der Waals surface area contributed by atoms with Crippen molar-refractivity contribution in [3.8, 4) is 0 Å². The maximum atomic E-state index is 4.00. The summed E-state index contributed by atoms with van der Waals surface area (Å²) in [6.07, 6.45) is 2.96. The summed E-state index contributed by atoms with van der Waals surface area (Å²) < 4.78 is 0. The van der Waals surface area contributed by atoms with Crippen molar-refractivity contribution in [2.24, 2.45) is 0 Å². The summed E-state index contributed by atoms with van der Waals surface area (Å²) in [4.78, 5) is 0. The Labute approximate surface area is 51.7 Å². The SMILES string of the molecule is [c]1[nH]nc2c1CSC2. The largest absolute Gasteiger partial charge is 0.276 e. The van der Waals surface area contributed by atoms with Crippen molar-refractivity contribution in [2.45, 2.75) is 11.5 Å². The Balaban J connectivity index is 2.54. The van der Waals surface area contributed by atoms with Crippen LogP contribution in [0.4, 0.5) is 0 Å². The van der Waals surface area contributed by atoms with Gasteiger partial charge in [-0.3, -0.25) is 5.10 Å². The molecule has 0 bridgehead atoms. The van der Waals surface area contributed by atoms with E-state index in [-0.39, 0.29) is 0 Å². The first-order chi connectivity index (χ1) is 3.97. The van der Waals surface area contributed by atoms with E-state index in [1.807, 2.05) is 11.8 Å². The lowest BCUT2D eigenvalue weighted by Gasteiger charge is -1.76. The Morgan fingerprint density at radius 2 is 2.62 bits per heavy atom. The zero-order valence-electron chi connectivity index (χ0n) is 4.27. The van der Waals surface area contributed by atoms with Gasteiger partial charge in [0, 0.05) is 17.1 Å². The quantitative estimate of drug-likeness (QED) is 0.559. The van der Waals surface area contributed by atoms with Crippen molar-refractivity contribution in [1.29, 1.82) is 0 Å². The monoisotopic (exact) mass is 125 g/mol. The number of hydrogen-bond acceptors (Lipinski definition) is 2. The van der Waals surface area contributed by atoms with Crippen LogP contribution in [0.25, 0.3) is 0 Å². The second kappa shape index (κ2) is 1.52. The van der Waals surface area contributed by atoms with Gasteiger partial charge >= 0.3 is 0 Å². The molecule has 8 heavy (non-hydrogen) atoms. The van der Waals surface area contributed by atoms with Crippen LogP contribution in [0.5, 0.6) is 0 Å². The molecule has 2 nitrogen and oxygen atoms in total. The van der Waals surface area contributed by atoms with Gasteiger partial charge in [0.1, 0.15) is 0 Å². The Morgan fingerprint density at radius 1 is 1.62 bits per heavy atom. The zero-order valence-corrected chi connectivity index (χ0v) is 5.09. The molecule has 2 rings (SSSR count). The molecule has 0 saturated carbocycles. The van der Waals surface area contributed by atoms with E-state index in [2.05, 4.69) is 16.4 Å². The highest BCUT2D eigenvalue weighted by Gasteiger charge is 2.12. The van der Waals surface area contributed by atoms with Crippen LogP contribution in [0.1, 0.15) is 11.3 Å². The van der Waals surface area contributed by atoms with Gasteiger partial charge in [0.15, 0.2) is 0 Å². The second-order valence-electron chi connectivity index (χ2n) is 1.77. The normalized spacial score (nSPS) is 16.5. The number of nitrogens with zero attached hydrogens (tertiary/aromatic N) is 1. The number of fused-ring (bicyclic) bond motifs is 1. The molecular weight excluding hydrogens is 120 g/mol. The molecule has 0 fully saturated rings. The van der Waals surface area contributed by atoms with E-state index in [0.717, 1.165) is 11.5 Å². The lowest BCUT2D eigenvalue weighted by molar-refractivity contribution is 1.04. The number of rotatable bonds is 0. The second-order valence-corrected chi connectivity index (χ2v) is 2.75. The van der Waals surface area contributed by atoms with Crippen LogP contribution in [0.2, 0.25) is 0 Å². The molecule has 0 aliphatic carbocycles. The van der Waals surface area contributed by atoms with E-state index in [1.165, 1.54) is 11.3 Å². The zero-order chi connectivity index (χ0) is 5.40. The fourth-order valence-corrected chi connectivity index (χ4v) is 1.77. The van der Waals surface area contributed by atoms with Crippen LogP contribution in [-0.2, 0) is 11.5 Å². The van der Waals surface area contributed by atoms with E-state index in [4.69, 9.17) is 0 Å². The fourth-order valence-electron chi connectivity index (χ4n) is 0.791. The minimum atomic E-state index is 1.06. The summed E-state index contributed by atoms with van der Waals surface area (Å²) in [6, 6.07) is 0. The molecule has 1 aliphatic heterocycles. The summed E-state index contributed by atoms with van der Waals surface area (Å²) in [5.74, 6) is 2.15. The lowest BCUT2D eigenvalue weighted by atomic mass is 10.3. The third-order valence-corrected chi connectivity index (χ3v) is 2.20. The van der Waals surface area contributed by atoms with Crippen LogP contribution >= 0.6 is 11.8 Å². The highest BCUT2D eigenvalue weighted by Crippen LogP contribution is 2.26. The maximum absolute atomic E-state index is 4.00. The van der Waals surface area contributed by atoms with Crippen LogP contribution in [0, 0.1) is 6.20 Å². The lowest BCUT2D eigenvalue weighted by Crippen LogP contribution is -1.74. The van der Waals surface area contributed by atoms with Crippen LogP contribution < -0.4 is 0 Å². The Morgan fingerprint density at radius 3 is 3.50 bits per heavy atom. The topological polar surface area (TPSA) is 28.7 Å². The minimum Gasteiger partial charge on any atom is -0.276 e. The van der Waals surface area contributed by atoms with Gasteiger partial charge < -0.3 is 0 Å². The molecule has 0 saturated heterocycles. The standard InChI is InChI=1S/C5H5N2S/c1-4-2-8-3-5(4)7-6-1/h2-3H2,(H,6,7). The smallest absolute Gasteiger partial charge is 0.0875 e. The van der Waals surface area contributed by atoms with Crippen LogP contribution in [-0.4, -0.2) is 10.2 Å². The van der Waals surface area contributed by atoms with Gasteiger partial charge in [0.05, 0.1) is 11.9 Å². The molecule has 0 unspecified atom stereocenters. The van der Waals surface area contributed by atoms with Crippen LogP contribution in [0.3, 0.4) is 0 Å². The van der Waals surface area contributed by atoms with Crippen molar-refractivity contribution < 1.29 is 0 Å². The summed E-state index contributed by atoms with van der Waals surface area (Å²) >= 11 is 1.90. The fraction of sp³-hybridized carbons (Fsp3) is 0.400. The summed E-state index contributed by atoms with van der Waals surface area (Å²) in [6.45, 7) is 0. The highest BCUT2D eigenvalue weighted by atomic mass is 32.2. The maximum Gasteiger partial charge on any atom is 0.0875 e. The molecule has 1 radical (unpaired) electrons. The third kappa shape index (κ3) is 0.478. The van der Waals surface area contributed by atoms with Gasteiger partial charge in [-0.15, -0.1) is 0 Å². The van der Waals surface area contributed by atoms with E-state index < -0.39 is 0 Å². The molecule has 0 amide bonds. The first-order valence-corrected chi connectivity index (χ1v) is 3.64. The number of hydrogen-bond donors (Lipinski definition) is 1. The Bertz CT molecular complexity index is 176. The molecular formula is C5H5N2S. The van der Waals surface area contributed by atoms with Crippen molar-refractivity contribution in [1.82, 2.24) is 10.2 Å². The first kappa shape index (κ1) is 4.44. The van der Waals surface area contributed by atoms with Gasteiger partial charge in [-0.05, 0) is 0 Å². The molecule has 0 atom stereocenters. The highest BCUT2D eigenvalue weighted by molar-refractivity contribution is 7.98. The van der Waals surface area contributed by atoms with Gasteiger partial charge in [0.25, 0.3) is 0 Å². The third-order valence-electron chi connectivity index (χ3n) is 1.23. The van der Waals surface area contributed by atoms with Crippen molar-refractivity contribution in [3.63, 3.8) is 0 Å². The van der Waals surface area contributed by atoms with E-state index in [9.17, 15) is 0 Å². The summed E-state index contributed by atoms with van der Waals surface area (Å²) in [5.41, 5.74) is 2.45. The number of thioether (sulfide) groups is 1. The predicted octanol–water partition coefficient (Wildman–Crippen LogP) is 0.957. The number of aromatic amines is 1. The molecule has 0 aromatic carbocycles. The number of aromatic nitrogens is 2. The molecule has 0 spiro atoms. The predicted molar refractivity (Wildman–Crippen MR) is 32.4 cm³/mol. The Hall–Kier alpha value is -0.440. The number of H-pyrrole nitrogens is 1. The van der Waals surface area contributed by atoms with Crippen molar-refractivity contribution >= 4 is 11.8 Å². The average molecular weight is 125 g/mol. The molecule has 1 aromatic heterocycles. The van der Waals surface area contributed by atoms with Gasteiger partial charge in [-0.25, -0.2) is 0 Å². The van der Waals surface area contributed by atoms with Crippen molar-refractivity contribution in [2.75, 3.05) is 0 Å². The van der Waals surface area contributed by atoms with E-state index >= 15 is 0 Å². The molecule has 2 heterocycles. The minimum absolute atomic E-state index is 1.06. The Kier molecular flexibility index (Phi) is 0.842. The molecule has 1 aromatic rings. The molecule has 41 valence electrons. The molecule has 1 N–H and O–H groups in total. The van der Waals surface area contributed by atoms with Gasteiger partial charge in [-0.2, -0.15) is 16.9 Å². The average Bonchev–Trinajstić information content (AvgIpc) is 2.15. The molecule has 1 aliphatic rings. The van der Waals surface area contributed by atoms with Crippen LogP contribution in [0.15, 0.2) is 0 Å². The van der Waals surface area contributed by atoms with Gasteiger partial charge in [-0.1, -0.05) is 0 Å². The van der Waals surface area contributed by atoms with Crippen molar-refractivity contribution in [3.05, 3.63) is 17.5 Å². The van der Waals surface area contributed by atoms with Gasteiger partial charge in [0.2, 0.25) is 0 Å². The molecule has 3 heteroatoms. The van der Waals surface area contributed by atoms with E-state index in [1.54, 1.807) is 0 Å².